The Morgan fingerprint density at radius 1 is 1.22 bits per heavy atom. The van der Waals surface area contributed by atoms with Crippen molar-refractivity contribution < 1.29 is 0 Å². The third-order valence-corrected chi connectivity index (χ3v) is 2.83. The first-order valence-corrected chi connectivity index (χ1v) is 5.76. The fourth-order valence-corrected chi connectivity index (χ4v) is 1.92. The Hall–Kier alpha value is -2.27. The van der Waals surface area contributed by atoms with E-state index in [9.17, 15) is 0 Å². The highest BCUT2D eigenvalue weighted by Crippen LogP contribution is 2.20. The van der Waals surface area contributed by atoms with E-state index >= 15 is 0 Å². The largest absolute Gasteiger partial charge is 0.325 e. The molecule has 0 amide bonds. The Morgan fingerprint density at radius 3 is 2.89 bits per heavy atom. The van der Waals surface area contributed by atoms with Gasteiger partial charge in [-0.3, -0.25) is 4.98 Å². The zero-order valence-corrected chi connectivity index (χ0v) is 10.0. The highest BCUT2D eigenvalue weighted by atomic mass is 15.4. The lowest BCUT2D eigenvalue weighted by Crippen LogP contribution is -1.98. The molecule has 0 atom stereocenters. The maximum Gasteiger partial charge on any atom is 0.0967 e. The average molecular weight is 239 g/mol. The van der Waals surface area contributed by atoms with E-state index in [1.54, 1.807) is 4.68 Å². The molecule has 90 valence electrons. The van der Waals surface area contributed by atoms with E-state index in [1.807, 2.05) is 37.4 Å². The molecule has 2 heterocycles. The summed E-state index contributed by atoms with van der Waals surface area (Å²) in [6.07, 6.45) is 1.83. The smallest absolute Gasteiger partial charge is 0.0967 e. The van der Waals surface area contributed by atoms with Crippen LogP contribution in [0.1, 0.15) is 11.4 Å². The molecule has 0 aliphatic heterocycles. The van der Waals surface area contributed by atoms with Crippen LogP contribution < -0.4 is 5.73 Å². The van der Waals surface area contributed by atoms with Gasteiger partial charge in [-0.2, -0.15) is 0 Å². The molecule has 0 fully saturated rings. The van der Waals surface area contributed by atoms with Crippen LogP contribution in [0.15, 0.2) is 36.5 Å². The van der Waals surface area contributed by atoms with E-state index in [-0.39, 0.29) is 0 Å². The van der Waals surface area contributed by atoms with E-state index in [0.717, 1.165) is 28.0 Å². The molecule has 3 rings (SSSR count). The number of aryl methyl sites for hydroxylation is 1. The Morgan fingerprint density at radius 2 is 2.11 bits per heavy atom. The van der Waals surface area contributed by atoms with Crippen molar-refractivity contribution in [1.29, 1.82) is 0 Å². The van der Waals surface area contributed by atoms with E-state index in [4.69, 9.17) is 5.73 Å². The molecule has 18 heavy (non-hydrogen) atoms. The van der Waals surface area contributed by atoms with Gasteiger partial charge in [0.05, 0.1) is 23.1 Å². The summed E-state index contributed by atoms with van der Waals surface area (Å²) >= 11 is 0. The van der Waals surface area contributed by atoms with Gasteiger partial charge in [-0.25, -0.2) is 4.68 Å². The van der Waals surface area contributed by atoms with Crippen molar-refractivity contribution in [2.24, 2.45) is 5.73 Å². The van der Waals surface area contributed by atoms with Gasteiger partial charge in [0.1, 0.15) is 0 Å². The summed E-state index contributed by atoms with van der Waals surface area (Å²) in [5.41, 5.74) is 9.13. The predicted octanol–water partition coefficient (Wildman–Crippen LogP) is 1.58. The molecular formula is C13H13N5. The van der Waals surface area contributed by atoms with Crippen LogP contribution in [0.3, 0.4) is 0 Å². The molecule has 2 aromatic heterocycles. The number of benzene rings is 1. The molecule has 0 unspecified atom stereocenters. The second kappa shape index (κ2) is 4.19. The molecule has 5 heteroatoms. The van der Waals surface area contributed by atoms with Crippen LogP contribution in [0.5, 0.6) is 0 Å². The minimum Gasteiger partial charge on any atom is -0.325 e. The zero-order chi connectivity index (χ0) is 12.5. The van der Waals surface area contributed by atoms with Gasteiger partial charge in [0, 0.05) is 17.6 Å². The number of fused-ring (bicyclic) bond motifs is 1. The Labute approximate surface area is 104 Å². The standard InChI is InChI=1S/C13H13N5/c1-9-5-6-10-3-2-4-12(13(10)15-9)18-8-11(7-14)16-17-18/h2-6,8H,7,14H2,1H3. The number of para-hydroxylation sites is 1. The van der Waals surface area contributed by atoms with Gasteiger partial charge in [-0.15, -0.1) is 5.10 Å². The zero-order valence-electron chi connectivity index (χ0n) is 10.0. The Kier molecular flexibility index (Phi) is 2.53. The SMILES string of the molecule is Cc1ccc2cccc(-n3cc(CN)nn3)c2n1. The van der Waals surface area contributed by atoms with Gasteiger partial charge < -0.3 is 5.73 Å². The molecule has 0 aliphatic rings. The Bertz CT molecular complexity index is 701. The number of aromatic nitrogens is 4. The van der Waals surface area contributed by atoms with Crippen LogP contribution >= 0.6 is 0 Å². The van der Waals surface area contributed by atoms with E-state index in [0.29, 0.717) is 6.54 Å². The number of nitrogens with two attached hydrogens (primary N) is 1. The van der Waals surface area contributed by atoms with E-state index < -0.39 is 0 Å². The van der Waals surface area contributed by atoms with E-state index in [1.165, 1.54) is 0 Å². The van der Waals surface area contributed by atoms with E-state index in [2.05, 4.69) is 21.4 Å². The van der Waals surface area contributed by atoms with Crippen LogP contribution in [-0.4, -0.2) is 20.0 Å². The molecule has 1 aromatic carbocycles. The monoisotopic (exact) mass is 239 g/mol. The molecule has 0 saturated heterocycles. The molecular weight excluding hydrogens is 226 g/mol. The minimum atomic E-state index is 0.386. The van der Waals surface area contributed by atoms with Crippen LogP contribution in [-0.2, 0) is 6.54 Å². The van der Waals surface area contributed by atoms with Crippen molar-refractivity contribution in [2.45, 2.75) is 13.5 Å². The predicted molar refractivity (Wildman–Crippen MR) is 69.3 cm³/mol. The van der Waals surface area contributed by atoms with Crippen molar-refractivity contribution in [1.82, 2.24) is 20.0 Å². The number of hydrogen-bond acceptors (Lipinski definition) is 4. The number of pyridine rings is 1. The van der Waals surface area contributed by atoms with Gasteiger partial charge in [0.15, 0.2) is 0 Å². The quantitative estimate of drug-likeness (QED) is 0.737. The van der Waals surface area contributed by atoms with Crippen LogP contribution in [0.4, 0.5) is 0 Å². The fraction of sp³-hybridized carbons (Fsp3) is 0.154. The second-order valence-corrected chi connectivity index (χ2v) is 4.16. The van der Waals surface area contributed by atoms with Gasteiger partial charge in [0.25, 0.3) is 0 Å². The van der Waals surface area contributed by atoms with Gasteiger partial charge in [0.2, 0.25) is 0 Å². The molecule has 0 spiro atoms. The minimum absolute atomic E-state index is 0.386. The third kappa shape index (κ3) is 1.74. The second-order valence-electron chi connectivity index (χ2n) is 4.16. The summed E-state index contributed by atoms with van der Waals surface area (Å²) in [6.45, 7) is 2.36. The van der Waals surface area contributed by atoms with Gasteiger partial charge >= 0.3 is 0 Å². The summed E-state index contributed by atoms with van der Waals surface area (Å²) in [7, 11) is 0. The number of rotatable bonds is 2. The highest BCUT2D eigenvalue weighted by Gasteiger charge is 2.07. The van der Waals surface area contributed by atoms with Crippen LogP contribution in [0.25, 0.3) is 16.6 Å². The first-order chi connectivity index (χ1) is 8.78. The van der Waals surface area contributed by atoms with Gasteiger partial charge in [-0.05, 0) is 19.1 Å². The summed E-state index contributed by atoms with van der Waals surface area (Å²) < 4.78 is 1.72. The summed E-state index contributed by atoms with van der Waals surface area (Å²) in [4.78, 5) is 4.57. The molecule has 2 N–H and O–H groups in total. The van der Waals surface area contributed by atoms with Crippen molar-refractivity contribution >= 4 is 10.9 Å². The van der Waals surface area contributed by atoms with Crippen molar-refractivity contribution in [2.75, 3.05) is 0 Å². The van der Waals surface area contributed by atoms with Crippen LogP contribution in [0.2, 0.25) is 0 Å². The average Bonchev–Trinajstić information content (AvgIpc) is 2.86. The lowest BCUT2D eigenvalue weighted by molar-refractivity contribution is 0.799. The number of nitrogens with zero attached hydrogens (tertiary/aromatic N) is 4. The molecule has 5 nitrogen and oxygen atoms in total. The first kappa shape index (κ1) is 10.9. The molecule has 3 aromatic rings. The van der Waals surface area contributed by atoms with Crippen LogP contribution in [0, 0.1) is 6.92 Å². The van der Waals surface area contributed by atoms with Gasteiger partial charge in [-0.1, -0.05) is 23.4 Å². The maximum absolute atomic E-state index is 5.55. The summed E-state index contributed by atoms with van der Waals surface area (Å²) in [6, 6.07) is 10.1. The maximum atomic E-state index is 5.55. The van der Waals surface area contributed by atoms with Crippen molar-refractivity contribution in [3.8, 4) is 5.69 Å². The molecule has 0 bridgehead atoms. The first-order valence-electron chi connectivity index (χ1n) is 5.76. The molecule has 0 aliphatic carbocycles. The Balaban J connectivity index is 2.24. The third-order valence-electron chi connectivity index (χ3n) is 2.83. The molecule has 0 radical (unpaired) electrons. The highest BCUT2D eigenvalue weighted by molar-refractivity contribution is 5.86. The summed E-state index contributed by atoms with van der Waals surface area (Å²) in [5, 5.41) is 9.17. The number of hydrogen-bond donors (Lipinski definition) is 1. The lowest BCUT2D eigenvalue weighted by Gasteiger charge is -2.05. The van der Waals surface area contributed by atoms with Crippen molar-refractivity contribution in [3.63, 3.8) is 0 Å². The lowest BCUT2D eigenvalue weighted by atomic mass is 10.2. The van der Waals surface area contributed by atoms with Crippen molar-refractivity contribution in [3.05, 3.63) is 47.9 Å². The topological polar surface area (TPSA) is 69.6 Å². The fourth-order valence-electron chi connectivity index (χ4n) is 1.92. The molecule has 0 saturated carbocycles. The normalized spacial score (nSPS) is 11.0. The summed E-state index contributed by atoms with van der Waals surface area (Å²) in [5.74, 6) is 0.